The van der Waals surface area contributed by atoms with E-state index in [2.05, 4.69) is 11.0 Å². The van der Waals surface area contributed by atoms with Gasteiger partial charge in [0.25, 0.3) is 0 Å². The molecule has 0 aliphatic carbocycles. The molecule has 0 saturated carbocycles. The Labute approximate surface area is 108 Å². The van der Waals surface area contributed by atoms with Crippen LogP contribution in [0.5, 0.6) is 5.75 Å². The molecule has 0 amide bonds. The molecule has 1 unspecified atom stereocenters. The zero-order chi connectivity index (χ0) is 13.0. The molecule has 4 nitrogen and oxygen atoms in total. The van der Waals surface area contributed by atoms with Gasteiger partial charge in [0.05, 0.1) is 12.7 Å². The number of aliphatic hydroxyl groups is 1. The summed E-state index contributed by atoms with van der Waals surface area (Å²) in [5, 5.41) is 10.2. The van der Waals surface area contributed by atoms with Crippen molar-refractivity contribution in [1.82, 2.24) is 0 Å². The molecule has 1 aliphatic rings. The molecular formula is C14H22N2O2. The van der Waals surface area contributed by atoms with Crippen LogP contribution in [0.4, 0.5) is 5.69 Å². The Kier molecular flexibility index (Phi) is 4.09. The first-order chi connectivity index (χ1) is 8.67. The highest BCUT2D eigenvalue weighted by atomic mass is 16.5. The maximum Gasteiger partial charge on any atom is 0.120 e. The molecule has 1 fully saturated rings. The Bertz CT molecular complexity index is 397. The molecule has 100 valence electrons. The lowest BCUT2D eigenvalue weighted by Crippen LogP contribution is -2.38. The number of anilines is 1. The summed E-state index contributed by atoms with van der Waals surface area (Å²) in [6.07, 6.45) is 2.47. The first-order valence-corrected chi connectivity index (χ1v) is 6.48. The molecule has 1 saturated heterocycles. The third-order valence-corrected chi connectivity index (χ3v) is 3.72. The van der Waals surface area contributed by atoms with Gasteiger partial charge in [0, 0.05) is 31.4 Å². The number of nitrogens with zero attached hydrogens (tertiary/aromatic N) is 1. The van der Waals surface area contributed by atoms with Gasteiger partial charge in [-0.15, -0.1) is 0 Å². The molecule has 0 spiro atoms. The summed E-state index contributed by atoms with van der Waals surface area (Å²) in [5.41, 5.74) is 6.11. The summed E-state index contributed by atoms with van der Waals surface area (Å²) in [6.45, 7) is 2.13. The van der Waals surface area contributed by atoms with Crippen LogP contribution in [0.15, 0.2) is 24.3 Å². The van der Waals surface area contributed by atoms with Crippen molar-refractivity contribution in [3.05, 3.63) is 24.3 Å². The summed E-state index contributed by atoms with van der Waals surface area (Å²) < 4.78 is 5.24. The number of ether oxygens (including phenoxy) is 1. The topological polar surface area (TPSA) is 58.7 Å². The summed E-state index contributed by atoms with van der Waals surface area (Å²) in [7, 11) is 1.68. The fourth-order valence-electron chi connectivity index (χ4n) is 2.45. The van der Waals surface area contributed by atoms with Gasteiger partial charge in [-0.1, -0.05) is 6.07 Å². The third-order valence-electron chi connectivity index (χ3n) is 3.72. The molecule has 4 heteroatoms. The molecule has 1 heterocycles. The molecule has 0 aromatic heterocycles. The third kappa shape index (κ3) is 2.94. The summed E-state index contributed by atoms with van der Waals surface area (Å²) in [5.74, 6) is 0.867. The molecule has 3 N–H and O–H groups in total. The Morgan fingerprint density at radius 3 is 2.94 bits per heavy atom. The molecule has 1 aromatic rings. The van der Waals surface area contributed by atoms with E-state index in [1.54, 1.807) is 7.11 Å². The standard InChI is InChI=1S/C14H22N2O2/c1-18-13-5-2-4-12(10-13)16-8-3-6-14(17,11-15)7-9-16/h2,4-5,10,17H,3,6-9,11,15H2,1H3. The number of benzene rings is 1. The maximum absolute atomic E-state index is 10.2. The van der Waals surface area contributed by atoms with E-state index in [-0.39, 0.29) is 0 Å². The van der Waals surface area contributed by atoms with Gasteiger partial charge in [0.15, 0.2) is 0 Å². The van der Waals surface area contributed by atoms with Gasteiger partial charge in [-0.3, -0.25) is 0 Å². The summed E-state index contributed by atoms with van der Waals surface area (Å²) in [4.78, 5) is 2.29. The first kappa shape index (κ1) is 13.2. The van der Waals surface area contributed by atoms with Gasteiger partial charge >= 0.3 is 0 Å². The second-order valence-electron chi connectivity index (χ2n) is 4.97. The molecule has 1 aromatic carbocycles. The summed E-state index contributed by atoms with van der Waals surface area (Å²) >= 11 is 0. The molecular weight excluding hydrogens is 228 g/mol. The zero-order valence-corrected chi connectivity index (χ0v) is 10.9. The Hall–Kier alpha value is -1.26. The maximum atomic E-state index is 10.2. The van der Waals surface area contributed by atoms with Crippen molar-refractivity contribution in [2.45, 2.75) is 24.9 Å². The van der Waals surface area contributed by atoms with Gasteiger partial charge in [-0.05, 0) is 31.4 Å². The van der Waals surface area contributed by atoms with Crippen molar-refractivity contribution >= 4 is 5.69 Å². The monoisotopic (exact) mass is 250 g/mol. The zero-order valence-electron chi connectivity index (χ0n) is 10.9. The number of hydrogen-bond donors (Lipinski definition) is 2. The molecule has 0 radical (unpaired) electrons. The van der Waals surface area contributed by atoms with Crippen LogP contribution in [0.1, 0.15) is 19.3 Å². The minimum atomic E-state index is -0.687. The van der Waals surface area contributed by atoms with Crippen LogP contribution in [0.3, 0.4) is 0 Å². The number of methoxy groups -OCH3 is 1. The minimum Gasteiger partial charge on any atom is -0.497 e. The van der Waals surface area contributed by atoms with Crippen molar-refractivity contribution in [3.63, 3.8) is 0 Å². The lowest BCUT2D eigenvalue weighted by molar-refractivity contribution is 0.0375. The normalized spacial score (nSPS) is 24.7. The van der Waals surface area contributed by atoms with Crippen molar-refractivity contribution in [2.24, 2.45) is 5.73 Å². The van der Waals surface area contributed by atoms with Gasteiger partial charge in [-0.25, -0.2) is 0 Å². The van der Waals surface area contributed by atoms with Crippen LogP contribution in [-0.2, 0) is 0 Å². The fraction of sp³-hybridized carbons (Fsp3) is 0.571. The van der Waals surface area contributed by atoms with Crippen LogP contribution < -0.4 is 15.4 Å². The lowest BCUT2D eigenvalue weighted by atomic mass is 9.95. The van der Waals surface area contributed by atoms with E-state index < -0.39 is 5.60 Å². The smallest absolute Gasteiger partial charge is 0.120 e. The first-order valence-electron chi connectivity index (χ1n) is 6.48. The van der Waals surface area contributed by atoms with E-state index in [9.17, 15) is 5.11 Å². The highest BCUT2D eigenvalue weighted by Gasteiger charge is 2.28. The van der Waals surface area contributed by atoms with E-state index in [0.717, 1.165) is 43.8 Å². The van der Waals surface area contributed by atoms with E-state index in [0.29, 0.717) is 6.54 Å². The number of rotatable bonds is 3. The quantitative estimate of drug-likeness (QED) is 0.851. The van der Waals surface area contributed by atoms with Gasteiger partial charge in [0.1, 0.15) is 5.75 Å². The minimum absolute atomic E-state index is 0.346. The van der Waals surface area contributed by atoms with Crippen LogP contribution in [0.25, 0.3) is 0 Å². The van der Waals surface area contributed by atoms with Crippen LogP contribution >= 0.6 is 0 Å². The number of hydrogen-bond acceptors (Lipinski definition) is 4. The number of nitrogens with two attached hydrogens (primary N) is 1. The lowest BCUT2D eigenvalue weighted by Gasteiger charge is -2.26. The Morgan fingerprint density at radius 1 is 1.39 bits per heavy atom. The largest absolute Gasteiger partial charge is 0.497 e. The van der Waals surface area contributed by atoms with Crippen LogP contribution in [0, 0.1) is 0 Å². The molecule has 2 rings (SSSR count). The van der Waals surface area contributed by atoms with Crippen molar-refractivity contribution in [3.8, 4) is 5.75 Å². The highest BCUT2D eigenvalue weighted by molar-refractivity contribution is 5.50. The highest BCUT2D eigenvalue weighted by Crippen LogP contribution is 2.27. The van der Waals surface area contributed by atoms with E-state index in [1.807, 2.05) is 18.2 Å². The second-order valence-corrected chi connectivity index (χ2v) is 4.97. The SMILES string of the molecule is COc1cccc(N2CCCC(O)(CN)CC2)c1. The van der Waals surface area contributed by atoms with Crippen LogP contribution in [0.2, 0.25) is 0 Å². The Morgan fingerprint density at radius 2 is 2.22 bits per heavy atom. The summed E-state index contributed by atoms with van der Waals surface area (Å²) in [6, 6.07) is 8.05. The fourth-order valence-corrected chi connectivity index (χ4v) is 2.45. The predicted molar refractivity (Wildman–Crippen MR) is 73.1 cm³/mol. The van der Waals surface area contributed by atoms with Crippen molar-refractivity contribution < 1.29 is 9.84 Å². The second kappa shape index (κ2) is 5.59. The van der Waals surface area contributed by atoms with E-state index in [1.165, 1.54) is 0 Å². The average Bonchev–Trinajstić information content (AvgIpc) is 2.62. The molecule has 1 aliphatic heterocycles. The Balaban J connectivity index is 2.09. The predicted octanol–water partition coefficient (Wildman–Crippen LogP) is 1.38. The van der Waals surface area contributed by atoms with Gasteiger partial charge < -0.3 is 20.5 Å². The van der Waals surface area contributed by atoms with E-state index in [4.69, 9.17) is 10.5 Å². The molecule has 18 heavy (non-hydrogen) atoms. The van der Waals surface area contributed by atoms with Crippen molar-refractivity contribution in [1.29, 1.82) is 0 Å². The van der Waals surface area contributed by atoms with Crippen molar-refractivity contribution in [2.75, 3.05) is 31.6 Å². The average molecular weight is 250 g/mol. The van der Waals surface area contributed by atoms with E-state index >= 15 is 0 Å². The van der Waals surface area contributed by atoms with Gasteiger partial charge in [-0.2, -0.15) is 0 Å². The molecule has 1 atom stereocenters. The van der Waals surface area contributed by atoms with Crippen LogP contribution in [-0.4, -0.2) is 37.5 Å². The van der Waals surface area contributed by atoms with Gasteiger partial charge in [0.2, 0.25) is 0 Å². The molecule has 0 bridgehead atoms.